The summed E-state index contributed by atoms with van der Waals surface area (Å²) in [7, 11) is 0. The van der Waals surface area contributed by atoms with Gasteiger partial charge in [-0.05, 0) is 31.6 Å². The van der Waals surface area contributed by atoms with Gasteiger partial charge in [0.05, 0.1) is 10.3 Å². The number of anilines is 1. The summed E-state index contributed by atoms with van der Waals surface area (Å²) in [4.78, 5) is 24.6. The van der Waals surface area contributed by atoms with Crippen molar-refractivity contribution in [3.8, 4) is 0 Å². The molecule has 3 N–H and O–H groups in total. The summed E-state index contributed by atoms with van der Waals surface area (Å²) in [5.74, 6) is 5.88. The molecule has 1 aliphatic heterocycles. The Bertz CT molecular complexity index is 666. The van der Waals surface area contributed by atoms with Gasteiger partial charge in [0.25, 0.3) is 5.91 Å². The molecule has 3 heterocycles. The fraction of sp³-hybridized carbons (Fsp3) is 0.462. The van der Waals surface area contributed by atoms with Gasteiger partial charge in [0.15, 0.2) is 5.16 Å². The van der Waals surface area contributed by atoms with E-state index in [2.05, 4.69) is 20.3 Å². The van der Waals surface area contributed by atoms with Crippen LogP contribution >= 0.6 is 23.1 Å². The standard InChI is InChI=1S/C13H17N5OS2/c1-20-13-15-10(18-5-3-2-4-6-18)8-7-9(11(19)17-14)21-12(8)16-13/h7H,2-6,14H2,1H3,(H,17,19). The van der Waals surface area contributed by atoms with Crippen LogP contribution in [0.4, 0.5) is 5.82 Å². The van der Waals surface area contributed by atoms with Crippen LogP contribution < -0.4 is 16.2 Å². The second-order valence-corrected chi connectivity index (χ2v) is 6.69. The molecule has 1 fully saturated rings. The predicted octanol–water partition coefficient (Wildman–Crippen LogP) is 2.01. The largest absolute Gasteiger partial charge is 0.356 e. The Hall–Kier alpha value is -1.38. The highest BCUT2D eigenvalue weighted by Gasteiger charge is 2.20. The number of rotatable bonds is 3. The van der Waals surface area contributed by atoms with Gasteiger partial charge < -0.3 is 4.90 Å². The van der Waals surface area contributed by atoms with Crippen LogP contribution in [-0.4, -0.2) is 35.2 Å². The molecular formula is C13H17N5OS2. The van der Waals surface area contributed by atoms with Crippen LogP contribution in [0.25, 0.3) is 10.2 Å². The van der Waals surface area contributed by atoms with Crippen molar-refractivity contribution in [1.29, 1.82) is 0 Å². The van der Waals surface area contributed by atoms with Crippen molar-refractivity contribution in [3.05, 3.63) is 10.9 Å². The maximum absolute atomic E-state index is 11.7. The lowest BCUT2D eigenvalue weighted by molar-refractivity contribution is 0.0958. The SMILES string of the molecule is CSc1nc(N2CCCCC2)c2cc(C(=O)NN)sc2n1. The number of carbonyl (C=O) groups is 1. The molecule has 0 spiro atoms. The minimum atomic E-state index is -0.284. The number of aromatic nitrogens is 2. The molecule has 21 heavy (non-hydrogen) atoms. The van der Waals surface area contributed by atoms with Crippen LogP contribution in [0.1, 0.15) is 28.9 Å². The summed E-state index contributed by atoms with van der Waals surface area (Å²) in [6, 6.07) is 1.84. The summed E-state index contributed by atoms with van der Waals surface area (Å²) in [5.41, 5.74) is 2.17. The zero-order chi connectivity index (χ0) is 14.8. The summed E-state index contributed by atoms with van der Waals surface area (Å²) in [6.45, 7) is 2.02. The van der Waals surface area contributed by atoms with Crippen molar-refractivity contribution >= 4 is 45.0 Å². The summed E-state index contributed by atoms with van der Waals surface area (Å²) >= 11 is 2.87. The Balaban J connectivity index is 2.11. The number of fused-ring (bicyclic) bond motifs is 1. The number of thioether (sulfide) groups is 1. The molecule has 112 valence electrons. The maximum atomic E-state index is 11.7. The molecule has 0 unspecified atom stereocenters. The van der Waals surface area contributed by atoms with E-state index in [9.17, 15) is 4.79 Å². The zero-order valence-corrected chi connectivity index (χ0v) is 13.4. The molecule has 1 amide bonds. The third-order valence-electron chi connectivity index (χ3n) is 3.55. The van der Waals surface area contributed by atoms with Crippen molar-refractivity contribution in [2.75, 3.05) is 24.2 Å². The van der Waals surface area contributed by atoms with E-state index in [-0.39, 0.29) is 5.91 Å². The number of piperidine rings is 1. The Labute approximate surface area is 131 Å². The predicted molar refractivity (Wildman–Crippen MR) is 86.9 cm³/mol. The van der Waals surface area contributed by atoms with Gasteiger partial charge in [-0.25, -0.2) is 15.8 Å². The maximum Gasteiger partial charge on any atom is 0.275 e. The Morgan fingerprint density at radius 2 is 2.14 bits per heavy atom. The minimum absolute atomic E-state index is 0.284. The molecular weight excluding hydrogens is 306 g/mol. The molecule has 0 saturated carbocycles. The summed E-state index contributed by atoms with van der Waals surface area (Å²) in [5, 5.41) is 1.68. The van der Waals surface area contributed by atoms with Gasteiger partial charge in [0.1, 0.15) is 10.6 Å². The Morgan fingerprint density at radius 1 is 1.38 bits per heavy atom. The highest BCUT2D eigenvalue weighted by molar-refractivity contribution is 7.98. The first-order valence-corrected chi connectivity index (χ1v) is 8.88. The topological polar surface area (TPSA) is 84.1 Å². The highest BCUT2D eigenvalue weighted by atomic mass is 32.2. The van der Waals surface area contributed by atoms with E-state index in [0.29, 0.717) is 4.88 Å². The number of nitrogens with two attached hydrogens (primary N) is 1. The number of hydrogen-bond acceptors (Lipinski definition) is 7. The molecule has 0 aliphatic carbocycles. The zero-order valence-electron chi connectivity index (χ0n) is 11.8. The quantitative estimate of drug-likeness (QED) is 0.295. The number of hydrogen-bond donors (Lipinski definition) is 2. The average Bonchev–Trinajstić information content (AvgIpc) is 2.97. The number of thiophene rings is 1. The molecule has 6 nitrogen and oxygen atoms in total. The van der Waals surface area contributed by atoms with Crippen molar-refractivity contribution in [1.82, 2.24) is 15.4 Å². The fourth-order valence-electron chi connectivity index (χ4n) is 2.51. The first kappa shape index (κ1) is 14.6. The van der Waals surface area contributed by atoms with Crippen LogP contribution in [0, 0.1) is 0 Å². The van der Waals surface area contributed by atoms with Gasteiger partial charge >= 0.3 is 0 Å². The van der Waals surface area contributed by atoms with Crippen LogP contribution in [0.3, 0.4) is 0 Å². The van der Waals surface area contributed by atoms with Crippen molar-refractivity contribution in [2.45, 2.75) is 24.4 Å². The van der Waals surface area contributed by atoms with Crippen molar-refractivity contribution < 1.29 is 4.79 Å². The van der Waals surface area contributed by atoms with E-state index in [1.807, 2.05) is 12.3 Å². The molecule has 8 heteroatoms. The number of nitrogens with one attached hydrogen (secondary N) is 1. The lowest BCUT2D eigenvalue weighted by Crippen LogP contribution is -2.30. The van der Waals surface area contributed by atoms with Crippen LogP contribution in [-0.2, 0) is 0 Å². The smallest absolute Gasteiger partial charge is 0.275 e. The number of hydrazine groups is 1. The third kappa shape index (κ3) is 2.83. The molecule has 2 aromatic rings. The lowest BCUT2D eigenvalue weighted by atomic mass is 10.1. The summed E-state index contributed by atoms with van der Waals surface area (Å²) in [6.07, 6.45) is 5.59. The highest BCUT2D eigenvalue weighted by Crippen LogP contribution is 2.33. The second-order valence-electron chi connectivity index (χ2n) is 4.88. The van der Waals surface area contributed by atoms with Gasteiger partial charge in [-0.3, -0.25) is 10.2 Å². The lowest BCUT2D eigenvalue weighted by Gasteiger charge is -2.28. The molecule has 1 aliphatic rings. The number of carbonyl (C=O) groups excluding carboxylic acids is 1. The Kier molecular flexibility index (Phi) is 4.27. The van der Waals surface area contributed by atoms with Gasteiger partial charge in [-0.2, -0.15) is 0 Å². The van der Waals surface area contributed by atoms with Crippen LogP contribution in [0.15, 0.2) is 11.2 Å². The van der Waals surface area contributed by atoms with E-state index in [1.165, 1.54) is 42.4 Å². The Morgan fingerprint density at radius 3 is 2.81 bits per heavy atom. The summed E-state index contributed by atoms with van der Waals surface area (Å²) < 4.78 is 0. The van der Waals surface area contributed by atoms with Crippen LogP contribution in [0.2, 0.25) is 0 Å². The van der Waals surface area contributed by atoms with E-state index in [4.69, 9.17) is 5.84 Å². The number of nitrogens with zero attached hydrogens (tertiary/aromatic N) is 3. The minimum Gasteiger partial charge on any atom is -0.356 e. The first-order chi connectivity index (χ1) is 10.2. The average molecular weight is 323 g/mol. The third-order valence-corrected chi connectivity index (χ3v) is 5.12. The van der Waals surface area contributed by atoms with E-state index in [0.717, 1.165) is 34.3 Å². The molecule has 2 aromatic heterocycles. The van der Waals surface area contributed by atoms with Gasteiger partial charge in [-0.15, -0.1) is 11.3 Å². The first-order valence-electron chi connectivity index (χ1n) is 6.84. The molecule has 0 radical (unpaired) electrons. The normalized spacial score (nSPS) is 15.4. The van der Waals surface area contributed by atoms with Crippen molar-refractivity contribution in [2.24, 2.45) is 5.84 Å². The van der Waals surface area contributed by atoms with Crippen LogP contribution in [0.5, 0.6) is 0 Å². The van der Waals surface area contributed by atoms with Crippen molar-refractivity contribution in [3.63, 3.8) is 0 Å². The van der Waals surface area contributed by atoms with Gasteiger partial charge in [0, 0.05) is 13.1 Å². The molecule has 0 bridgehead atoms. The molecule has 0 aromatic carbocycles. The fourth-order valence-corrected chi connectivity index (χ4v) is 3.86. The van der Waals surface area contributed by atoms with E-state index in [1.54, 1.807) is 0 Å². The monoisotopic (exact) mass is 323 g/mol. The molecule has 3 rings (SSSR count). The number of amides is 1. The number of nitrogen functional groups attached to an aromatic ring is 1. The molecule has 0 atom stereocenters. The second kappa shape index (κ2) is 6.17. The van der Waals surface area contributed by atoms with Gasteiger partial charge in [0.2, 0.25) is 0 Å². The molecule has 1 saturated heterocycles. The van der Waals surface area contributed by atoms with E-state index < -0.39 is 0 Å². The van der Waals surface area contributed by atoms with Gasteiger partial charge in [-0.1, -0.05) is 11.8 Å². The van der Waals surface area contributed by atoms with E-state index >= 15 is 0 Å².